The largest absolute Gasteiger partial charge is 0.486 e. The van der Waals surface area contributed by atoms with Crippen molar-refractivity contribution < 1.29 is 9.53 Å². The van der Waals surface area contributed by atoms with Gasteiger partial charge in [0.25, 0.3) is 5.91 Å². The van der Waals surface area contributed by atoms with Gasteiger partial charge in [0.2, 0.25) is 0 Å². The third-order valence-corrected chi connectivity index (χ3v) is 4.21. The third kappa shape index (κ3) is 2.97. The van der Waals surface area contributed by atoms with Crippen LogP contribution >= 0.6 is 11.3 Å². The molecule has 0 saturated heterocycles. The molecule has 0 bridgehead atoms. The number of nitrogens with zero attached hydrogens (tertiary/aromatic N) is 1. The van der Waals surface area contributed by atoms with Gasteiger partial charge in [-0.25, -0.2) is 10.8 Å². The number of carbonyl (C=O) groups excluding carboxylic acids is 1. The van der Waals surface area contributed by atoms with Gasteiger partial charge in [0, 0.05) is 0 Å². The lowest BCUT2D eigenvalue weighted by molar-refractivity contribution is 0.0957. The normalized spacial score (nSPS) is 10.4. The Kier molecular flexibility index (Phi) is 4.36. The maximum absolute atomic E-state index is 11.5. The van der Waals surface area contributed by atoms with E-state index in [2.05, 4.69) is 10.4 Å². The number of aromatic nitrogens is 1. The summed E-state index contributed by atoms with van der Waals surface area (Å²) in [5.41, 5.74) is 5.07. The molecule has 106 valence electrons. The second-order valence-electron chi connectivity index (χ2n) is 4.48. The highest BCUT2D eigenvalue weighted by atomic mass is 32.1. The van der Waals surface area contributed by atoms with E-state index in [1.807, 2.05) is 32.0 Å². The summed E-state index contributed by atoms with van der Waals surface area (Å²) in [6.45, 7) is 6.18. The molecule has 0 aliphatic heterocycles. The number of nitrogen functional groups attached to an aromatic ring is 1. The van der Waals surface area contributed by atoms with Gasteiger partial charge in [0.1, 0.15) is 22.2 Å². The first kappa shape index (κ1) is 14.5. The number of hydrogen-bond acceptors (Lipinski definition) is 5. The van der Waals surface area contributed by atoms with Crippen LogP contribution in [0.2, 0.25) is 0 Å². The Morgan fingerprint density at radius 1 is 1.40 bits per heavy atom. The van der Waals surface area contributed by atoms with Gasteiger partial charge in [-0.1, -0.05) is 12.1 Å². The minimum atomic E-state index is -0.321. The van der Waals surface area contributed by atoms with E-state index >= 15 is 0 Å². The molecule has 1 aromatic heterocycles. The van der Waals surface area contributed by atoms with Crippen LogP contribution in [0.1, 0.15) is 31.5 Å². The van der Waals surface area contributed by atoms with E-state index in [0.29, 0.717) is 17.2 Å². The Morgan fingerprint density at radius 2 is 2.15 bits per heavy atom. The summed E-state index contributed by atoms with van der Waals surface area (Å²) < 4.78 is 5.77. The molecule has 0 atom stereocenters. The summed E-state index contributed by atoms with van der Waals surface area (Å²) in [7, 11) is 0. The van der Waals surface area contributed by atoms with Crippen molar-refractivity contribution in [1.29, 1.82) is 0 Å². The number of benzene rings is 1. The Bertz CT molecular complexity index is 637. The molecular weight excluding hydrogens is 274 g/mol. The van der Waals surface area contributed by atoms with Crippen molar-refractivity contribution >= 4 is 17.2 Å². The van der Waals surface area contributed by atoms with Crippen LogP contribution in [0.4, 0.5) is 0 Å². The number of ether oxygens (including phenoxy) is 1. The number of hydrogen-bond donors (Lipinski definition) is 2. The van der Waals surface area contributed by atoms with Crippen molar-refractivity contribution in [3.63, 3.8) is 0 Å². The predicted octanol–water partition coefficient (Wildman–Crippen LogP) is 2.25. The average molecular weight is 291 g/mol. The zero-order valence-electron chi connectivity index (χ0n) is 11.7. The molecule has 0 fully saturated rings. The van der Waals surface area contributed by atoms with Crippen molar-refractivity contribution in [2.45, 2.75) is 27.4 Å². The van der Waals surface area contributed by atoms with Crippen LogP contribution in [0.5, 0.6) is 5.75 Å². The molecule has 2 rings (SSSR count). The first-order chi connectivity index (χ1) is 9.52. The fourth-order valence-corrected chi connectivity index (χ4v) is 2.69. The predicted molar refractivity (Wildman–Crippen MR) is 78.8 cm³/mol. The molecule has 6 heteroatoms. The molecule has 1 amide bonds. The molecule has 0 spiro atoms. The minimum absolute atomic E-state index is 0.321. The van der Waals surface area contributed by atoms with Gasteiger partial charge < -0.3 is 4.74 Å². The molecule has 3 N–H and O–H groups in total. The van der Waals surface area contributed by atoms with Crippen LogP contribution in [0.15, 0.2) is 18.2 Å². The number of hydrazine groups is 1. The van der Waals surface area contributed by atoms with Gasteiger partial charge in [-0.15, -0.1) is 11.3 Å². The van der Waals surface area contributed by atoms with E-state index in [4.69, 9.17) is 10.6 Å². The Labute approximate surface area is 121 Å². The van der Waals surface area contributed by atoms with E-state index in [1.165, 1.54) is 16.9 Å². The van der Waals surface area contributed by atoms with Crippen molar-refractivity contribution in [2.75, 3.05) is 0 Å². The highest BCUT2D eigenvalue weighted by Gasteiger charge is 2.14. The number of nitrogens with one attached hydrogen (secondary N) is 1. The molecule has 1 heterocycles. The van der Waals surface area contributed by atoms with E-state index < -0.39 is 0 Å². The number of aryl methyl sites for hydroxylation is 2. The Balaban J connectivity index is 2.12. The number of carbonyl (C=O) groups is 1. The highest BCUT2D eigenvalue weighted by molar-refractivity contribution is 7.13. The lowest BCUT2D eigenvalue weighted by Crippen LogP contribution is -2.29. The monoisotopic (exact) mass is 291 g/mol. The smallest absolute Gasteiger partial charge is 0.277 e. The third-order valence-electron chi connectivity index (χ3n) is 3.08. The fraction of sp³-hybridized carbons (Fsp3) is 0.286. The van der Waals surface area contributed by atoms with Gasteiger partial charge in [0.15, 0.2) is 0 Å². The number of amides is 1. The highest BCUT2D eigenvalue weighted by Crippen LogP contribution is 2.23. The van der Waals surface area contributed by atoms with E-state index in [9.17, 15) is 4.79 Å². The summed E-state index contributed by atoms with van der Waals surface area (Å²) >= 11 is 1.29. The summed E-state index contributed by atoms with van der Waals surface area (Å²) in [5.74, 6) is 5.65. The van der Waals surface area contributed by atoms with Gasteiger partial charge in [-0.05, 0) is 38.0 Å². The van der Waals surface area contributed by atoms with Crippen molar-refractivity contribution in [3.05, 3.63) is 44.9 Å². The SMILES string of the molecule is Cc1cccc(OCc2nc(C)c(C(=O)NN)s2)c1C. The Morgan fingerprint density at radius 3 is 2.85 bits per heavy atom. The first-order valence-electron chi connectivity index (χ1n) is 6.19. The molecule has 0 aliphatic rings. The second-order valence-corrected chi connectivity index (χ2v) is 5.57. The van der Waals surface area contributed by atoms with Gasteiger partial charge in [-0.3, -0.25) is 10.2 Å². The average Bonchev–Trinajstić information content (AvgIpc) is 2.81. The summed E-state index contributed by atoms with van der Waals surface area (Å²) in [6.07, 6.45) is 0. The number of thiazole rings is 1. The molecule has 0 radical (unpaired) electrons. The maximum atomic E-state index is 11.5. The lowest BCUT2D eigenvalue weighted by Gasteiger charge is -2.09. The first-order valence-corrected chi connectivity index (χ1v) is 7.01. The quantitative estimate of drug-likeness (QED) is 0.514. The van der Waals surface area contributed by atoms with Crippen molar-refractivity contribution in [3.8, 4) is 5.75 Å². The van der Waals surface area contributed by atoms with Crippen molar-refractivity contribution in [1.82, 2.24) is 10.4 Å². The fourth-order valence-electron chi connectivity index (χ4n) is 1.81. The minimum Gasteiger partial charge on any atom is -0.486 e. The Hall–Kier alpha value is -1.92. The summed E-state index contributed by atoms with van der Waals surface area (Å²) in [4.78, 5) is 16.4. The lowest BCUT2D eigenvalue weighted by atomic mass is 10.1. The second kappa shape index (κ2) is 6.02. The van der Waals surface area contributed by atoms with Gasteiger partial charge in [-0.2, -0.15) is 0 Å². The number of nitrogens with two attached hydrogens (primary N) is 1. The zero-order valence-corrected chi connectivity index (χ0v) is 12.5. The molecule has 20 heavy (non-hydrogen) atoms. The van der Waals surface area contributed by atoms with Gasteiger partial charge in [0.05, 0.1) is 5.69 Å². The topological polar surface area (TPSA) is 77.2 Å². The molecule has 1 aromatic carbocycles. The van der Waals surface area contributed by atoms with E-state index in [-0.39, 0.29) is 5.91 Å². The van der Waals surface area contributed by atoms with E-state index in [0.717, 1.165) is 16.3 Å². The van der Waals surface area contributed by atoms with Gasteiger partial charge >= 0.3 is 0 Å². The molecule has 0 saturated carbocycles. The summed E-state index contributed by atoms with van der Waals surface area (Å²) in [6, 6.07) is 5.92. The number of rotatable bonds is 4. The standard InChI is InChI=1S/C14H17N3O2S/c1-8-5-4-6-11(9(8)2)19-7-12-16-10(3)13(20-12)14(18)17-15/h4-6H,7,15H2,1-3H3,(H,17,18). The molecular formula is C14H17N3O2S. The van der Waals surface area contributed by atoms with Crippen LogP contribution in [0.3, 0.4) is 0 Å². The maximum Gasteiger partial charge on any atom is 0.277 e. The van der Waals surface area contributed by atoms with Crippen LogP contribution in [-0.4, -0.2) is 10.9 Å². The van der Waals surface area contributed by atoms with E-state index in [1.54, 1.807) is 6.92 Å². The van der Waals surface area contributed by atoms with Crippen LogP contribution < -0.4 is 16.0 Å². The molecule has 0 aliphatic carbocycles. The molecule has 0 unspecified atom stereocenters. The van der Waals surface area contributed by atoms with Crippen LogP contribution in [0, 0.1) is 20.8 Å². The molecule has 5 nitrogen and oxygen atoms in total. The van der Waals surface area contributed by atoms with Crippen molar-refractivity contribution in [2.24, 2.45) is 5.84 Å². The zero-order chi connectivity index (χ0) is 14.7. The summed E-state index contributed by atoms with van der Waals surface area (Å²) in [5, 5.41) is 0.752. The molecule has 2 aromatic rings. The van der Waals surface area contributed by atoms with Crippen LogP contribution in [-0.2, 0) is 6.61 Å². The van der Waals surface area contributed by atoms with Crippen LogP contribution in [0.25, 0.3) is 0 Å².